The van der Waals surface area contributed by atoms with E-state index < -0.39 is 6.10 Å². The van der Waals surface area contributed by atoms with Gasteiger partial charge in [0.1, 0.15) is 0 Å². The standard InChI is InChI=1S/C16H22N2O2/c1-18(10-14-3-2-8-20-12-14)11-16(19)15-6-4-13(9-17)5-7-15/h4-7,14,16,19H,2-3,8,10-12H2,1H3. The molecule has 1 aromatic carbocycles. The second-order valence-corrected chi connectivity index (χ2v) is 5.55. The Hall–Kier alpha value is -1.41. The van der Waals surface area contributed by atoms with Gasteiger partial charge in [0.05, 0.1) is 24.3 Å². The molecule has 20 heavy (non-hydrogen) atoms. The molecule has 2 unspecified atom stereocenters. The van der Waals surface area contributed by atoms with Gasteiger partial charge in [-0.25, -0.2) is 0 Å². The fourth-order valence-electron chi connectivity index (χ4n) is 2.65. The van der Waals surface area contributed by atoms with Gasteiger partial charge in [0.2, 0.25) is 0 Å². The van der Waals surface area contributed by atoms with Crippen LogP contribution in [0.3, 0.4) is 0 Å². The zero-order valence-corrected chi connectivity index (χ0v) is 12.0. The number of nitriles is 1. The van der Waals surface area contributed by atoms with Gasteiger partial charge in [0.25, 0.3) is 0 Å². The summed E-state index contributed by atoms with van der Waals surface area (Å²) >= 11 is 0. The summed E-state index contributed by atoms with van der Waals surface area (Å²) in [5.74, 6) is 0.571. The lowest BCUT2D eigenvalue weighted by molar-refractivity contribution is 0.0342. The lowest BCUT2D eigenvalue weighted by atomic mass is 10.0. The van der Waals surface area contributed by atoms with Crippen LogP contribution in [0.5, 0.6) is 0 Å². The minimum Gasteiger partial charge on any atom is -0.387 e. The zero-order valence-electron chi connectivity index (χ0n) is 12.0. The molecule has 0 aliphatic carbocycles. The molecule has 0 amide bonds. The highest BCUT2D eigenvalue weighted by molar-refractivity contribution is 5.32. The van der Waals surface area contributed by atoms with Crippen molar-refractivity contribution in [2.75, 3.05) is 33.4 Å². The van der Waals surface area contributed by atoms with Crippen LogP contribution in [-0.2, 0) is 4.74 Å². The molecule has 1 heterocycles. The number of likely N-dealkylation sites (N-methyl/N-ethyl adjacent to an activating group) is 1. The van der Waals surface area contributed by atoms with Gasteiger partial charge < -0.3 is 14.7 Å². The first-order valence-electron chi connectivity index (χ1n) is 7.13. The summed E-state index contributed by atoms with van der Waals surface area (Å²) in [6, 6.07) is 9.21. The Morgan fingerprint density at radius 1 is 1.45 bits per heavy atom. The second-order valence-electron chi connectivity index (χ2n) is 5.55. The van der Waals surface area contributed by atoms with E-state index >= 15 is 0 Å². The Morgan fingerprint density at radius 2 is 2.20 bits per heavy atom. The van der Waals surface area contributed by atoms with E-state index in [-0.39, 0.29) is 0 Å². The quantitative estimate of drug-likeness (QED) is 0.891. The van der Waals surface area contributed by atoms with Crippen molar-refractivity contribution in [3.05, 3.63) is 35.4 Å². The normalized spacial score (nSPS) is 20.6. The molecule has 2 atom stereocenters. The maximum absolute atomic E-state index is 10.2. The third-order valence-corrected chi connectivity index (χ3v) is 3.73. The third kappa shape index (κ3) is 4.31. The van der Waals surface area contributed by atoms with Crippen molar-refractivity contribution in [3.63, 3.8) is 0 Å². The monoisotopic (exact) mass is 274 g/mol. The van der Waals surface area contributed by atoms with Gasteiger partial charge in [0.15, 0.2) is 0 Å². The molecule has 0 aromatic heterocycles. The van der Waals surface area contributed by atoms with Crippen LogP contribution in [0.1, 0.15) is 30.1 Å². The van der Waals surface area contributed by atoms with E-state index in [2.05, 4.69) is 11.0 Å². The van der Waals surface area contributed by atoms with E-state index in [0.29, 0.717) is 18.0 Å². The molecule has 2 rings (SSSR count). The highest BCUT2D eigenvalue weighted by atomic mass is 16.5. The summed E-state index contributed by atoms with van der Waals surface area (Å²) in [4.78, 5) is 2.15. The van der Waals surface area contributed by atoms with Gasteiger partial charge in [-0.1, -0.05) is 12.1 Å². The second kappa shape index (κ2) is 7.39. The summed E-state index contributed by atoms with van der Waals surface area (Å²) < 4.78 is 5.48. The van der Waals surface area contributed by atoms with Crippen molar-refractivity contribution in [1.29, 1.82) is 5.26 Å². The molecule has 1 aliphatic heterocycles. The van der Waals surface area contributed by atoms with E-state index in [1.54, 1.807) is 12.1 Å². The molecule has 1 aromatic rings. The first kappa shape index (κ1) is 15.0. The van der Waals surface area contributed by atoms with Crippen molar-refractivity contribution >= 4 is 0 Å². The van der Waals surface area contributed by atoms with E-state index in [9.17, 15) is 5.11 Å². The molecule has 0 bridgehead atoms. The maximum Gasteiger partial charge on any atom is 0.0991 e. The molecule has 1 aliphatic rings. The Labute approximate surface area is 120 Å². The van der Waals surface area contributed by atoms with E-state index in [1.165, 1.54) is 6.42 Å². The summed E-state index contributed by atoms with van der Waals surface area (Å²) in [6.45, 7) is 3.27. The van der Waals surface area contributed by atoms with E-state index in [4.69, 9.17) is 10.00 Å². The molecule has 1 saturated heterocycles. The number of aliphatic hydroxyl groups is 1. The first-order chi connectivity index (χ1) is 9.69. The SMILES string of the molecule is CN(CC1CCCOC1)CC(O)c1ccc(C#N)cc1. The highest BCUT2D eigenvalue weighted by Gasteiger charge is 2.18. The van der Waals surface area contributed by atoms with Gasteiger partial charge in [0, 0.05) is 19.7 Å². The molecule has 4 heteroatoms. The molecule has 1 N–H and O–H groups in total. The van der Waals surface area contributed by atoms with Crippen LogP contribution in [0.4, 0.5) is 0 Å². The Bertz CT molecular complexity index is 447. The largest absolute Gasteiger partial charge is 0.387 e. The lowest BCUT2D eigenvalue weighted by Gasteiger charge is -2.28. The number of benzene rings is 1. The minimum absolute atomic E-state index is 0.516. The van der Waals surface area contributed by atoms with Gasteiger partial charge >= 0.3 is 0 Å². The molecule has 108 valence electrons. The van der Waals surface area contributed by atoms with Crippen LogP contribution >= 0.6 is 0 Å². The van der Waals surface area contributed by atoms with Crippen molar-refractivity contribution in [2.45, 2.75) is 18.9 Å². The predicted octanol–water partition coefficient (Wildman–Crippen LogP) is 1.95. The van der Waals surface area contributed by atoms with Crippen LogP contribution in [0.25, 0.3) is 0 Å². The van der Waals surface area contributed by atoms with Crippen LogP contribution in [-0.4, -0.2) is 43.4 Å². The van der Waals surface area contributed by atoms with Crippen molar-refractivity contribution < 1.29 is 9.84 Å². The minimum atomic E-state index is -0.516. The van der Waals surface area contributed by atoms with Crippen molar-refractivity contribution in [3.8, 4) is 6.07 Å². The number of hydrogen-bond donors (Lipinski definition) is 1. The van der Waals surface area contributed by atoms with Gasteiger partial charge in [-0.3, -0.25) is 0 Å². The van der Waals surface area contributed by atoms with Gasteiger partial charge in [-0.15, -0.1) is 0 Å². The van der Waals surface area contributed by atoms with Crippen LogP contribution < -0.4 is 0 Å². The Morgan fingerprint density at radius 3 is 2.80 bits per heavy atom. The molecular formula is C16H22N2O2. The molecule has 4 nitrogen and oxygen atoms in total. The molecule has 1 fully saturated rings. The highest BCUT2D eigenvalue weighted by Crippen LogP contribution is 2.18. The fourth-order valence-corrected chi connectivity index (χ4v) is 2.65. The number of nitrogens with zero attached hydrogens (tertiary/aromatic N) is 2. The summed E-state index contributed by atoms with van der Waals surface area (Å²) in [6.07, 6.45) is 1.82. The average molecular weight is 274 g/mol. The molecule has 0 spiro atoms. The first-order valence-corrected chi connectivity index (χ1v) is 7.13. The Kier molecular flexibility index (Phi) is 5.54. The molecule has 0 radical (unpaired) electrons. The van der Waals surface area contributed by atoms with Crippen molar-refractivity contribution in [1.82, 2.24) is 4.90 Å². The summed E-state index contributed by atoms with van der Waals surface area (Å²) in [5, 5.41) is 19.0. The number of hydrogen-bond acceptors (Lipinski definition) is 4. The third-order valence-electron chi connectivity index (χ3n) is 3.73. The molecule has 0 saturated carbocycles. The van der Waals surface area contributed by atoms with Gasteiger partial charge in [-0.05, 0) is 43.5 Å². The van der Waals surface area contributed by atoms with E-state index in [1.807, 2.05) is 19.2 Å². The maximum atomic E-state index is 10.2. The average Bonchev–Trinajstić information content (AvgIpc) is 2.48. The zero-order chi connectivity index (χ0) is 14.4. The van der Waals surface area contributed by atoms with Gasteiger partial charge in [-0.2, -0.15) is 5.26 Å². The number of aliphatic hydroxyl groups excluding tert-OH is 1. The topological polar surface area (TPSA) is 56.5 Å². The summed E-state index contributed by atoms with van der Waals surface area (Å²) in [5.41, 5.74) is 1.48. The number of ether oxygens (including phenoxy) is 1. The lowest BCUT2D eigenvalue weighted by Crippen LogP contribution is -2.33. The van der Waals surface area contributed by atoms with Crippen LogP contribution in [0.2, 0.25) is 0 Å². The fraction of sp³-hybridized carbons (Fsp3) is 0.562. The number of rotatable bonds is 5. The van der Waals surface area contributed by atoms with E-state index in [0.717, 1.165) is 31.7 Å². The van der Waals surface area contributed by atoms with Crippen molar-refractivity contribution in [2.24, 2.45) is 5.92 Å². The molecular weight excluding hydrogens is 252 g/mol. The smallest absolute Gasteiger partial charge is 0.0991 e. The van der Waals surface area contributed by atoms with Crippen LogP contribution in [0.15, 0.2) is 24.3 Å². The predicted molar refractivity (Wildman–Crippen MR) is 77.2 cm³/mol. The summed E-state index contributed by atoms with van der Waals surface area (Å²) in [7, 11) is 2.03. The van der Waals surface area contributed by atoms with Crippen LogP contribution in [0, 0.1) is 17.2 Å². The Balaban J connectivity index is 1.83.